The highest BCUT2D eigenvalue weighted by Gasteiger charge is 2.26. The highest BCUT2D eigenvalue weighted by atomic mass is 32.2. The van der Waals surface area contributed by atoms with Crippen LogP contribution < -0.4 is 14.8 Å². The van der Waals surface area contributed by atoms with Gasteiger partial charge in [0.25, 0.3) is 5.91 Å². The highest BCUT2D eigenvalue weighted by Crippen LogP contribution is 2.30. The summed E-state index contributed by atoms with van der Waals surface area (Å²) >= 11 is 0. The Bertz CT molecular complexity index is 900. The van der Waals surface area contributed by atoms with Crippen molar-refractivity contribution in [2.75, 3.05) is 50.9 Å². The summed E-state index contributed by atoms with van der Waals surface area (Å²) in [4.78, 5) is 21.8. The van der Waals surface area contributed by atoms with Crippen molar-refractivity contribution in [1.82, 2.24) is 9.88 Å². The molecule has 1 aromatic heterocycles. The lowest BCUT2D eigenvalue weighted by atomic mass is 10.2. The molecule has 2 aliphatic heterocycles. The molecule has 1 unspecified atom stereocenters. The fraction of sp³-hybridized carbons (Fsp3) is 0.400. The third-order valence-corrected chi connectivity index (χ3v) is 5.89. The number of anilines is 1. The van der Waals surface area contributed by atoms with E-state index in [2.05, 4.69) is 9.88 Å². The molecule has 2 aliphatic rings. The lowest BCUT2D eigenvalue weighted by Crippen LogP contribution is -2.38. The Morgan fingerprint density at radius 2 is 2.03 bits per heavy atom. The van der Waals surface area contributed by atoms with Gasteiger partial charge in [-0.05, 0) is 36.2 Å². The van der Waals surface area contributed by atoms with Gasteiger partial charge < -0.3 is 14.4 Å². The largest absolute Gasteiger partial charge is 0.476 e. The van der Waals surface area contributed by atoms with Gasteiger partial charge in [-0.1, -0.05) is 0 Å². The Labute approximate surface area is 172 Å². The Hall–Kier alpha value is -2.33. The van der Waals surface area contributed by atoms with Crippen LogP contribution in [0.2, 0.25) is 0 Å². The summed E-state index contributed by atoms with van der Waals surface area (Å²) in [5, 5.41) is 5.45. The Balaban J connectivity index is 1.36. The van der Waals surface area contributed by atoms with E-state index in [-0.39, 0.29) is 5.91 Å². The molecule has 2 aromatic rings. The van der Waals surface area contributed by atoms with E-state index in [9.17, 15) is 9.00 Å². The normalized spacial score (nSPS) is 17.8. The molecule has 0 bridgehead atoms. The zero-order valence-corrected chi connectivity index (χ0v) is 16.9. The number of rotatable bonds is 6. The summed E-state index contributed by atoms with van der Waals surface area (Å²) in [6, 6.07) is 8.77. The predicted molar refractivity (Wildman–Crippen MR) is 109 cm³/mol. The molecule has 0 aliphatic carbocycles. The maximum Gasteiger partial charge on any atom is 0.259 e. The minimum Gasteiger partial charge on any atom is -0.476 e. The summed E-state index contributed by atoms with van der Waals surface area (Å²) in [5.74, 6) is 0.393. The van der Waals surface area contributed by atoms with Gasteiger partial charge in [0, 0.05) is 44.1 Å². The smallest absolute Gasteiger partial charge is 0.259 e. The highest BCUT2D eigenvalue weighted by molar-refractivity contribution is 7.82. The number of amides is 1. The SMILES string of the molecule is NS(=O)c1ccc2c(c1)CCN2C(=O)c1ccc(OCCN2CCOCC2)nc1. The van der Waals surface area contributed by atoms with Crippen LogP contribution in [-0.2, 0) is 22.1 Å². The van der Waals surface area contributed by atoms with E-state index < -0.39 is 11.0 Å². The number of aromatic nitrogens is 1. The first kappa shape index (κ1) is 20.0. The minimum atomic E-state index is -1.52. The van der Waals surface area contributed by atoms with Crippen LogP contribution in [0.4, 0.5) is 5.69 Å². The third-order valence-electron chi connectivity index (χ3n) is 5.17. The Kier molecular flexibility index (Phi) is 6.19. The molecule has 1 aromatic carbocycles. The first-order valence-corrected chi connectivity index (χ1v) is 10.8. The van der Waals surface area contributed by atoms with Crippen LogP contribution in [0.5, 0.6) is 5.88 Å². The second-order valence-corrected chi connectivity index (χ2v) is 8.05. The molecule has 4 rings (SSSR count). The van der Waals surface area contributed by atoms with Gasteiger partial charge in [0.05, 0.1) is 23.7 Å². The van der Waals surface area contributed by atoms with Crippen molar-refractivity contribution in [2.45, 2.75) is 11.3 Å². The standard InChI is InChI=1S/C20H24N4O4S/c21-29(26)17-2-3-18-15(13-17)5-6-24(18)20(25)16-1-4-19(22-14-16)28-12-9-23-7-10-27-11-8-23/h1-4,13-14H,5-12,21H2. The van der Waals surface area contributed by atoms with Crippen LogP contribution >= 0.6 is 0 Å². The van der Waals surface area contributed by atoms with Gasteiger partial charge >= 0.3 is 0 Å². The maximum absolute atomic E-state index is 12.9. The summed E-state index contributed by atoms with van der Waals surface area (Å²) in [7, 11) is -1.52. The van der Waals surface area contributed by atoms with Crippen LogP contribution in [0.3, 0.4) is 0 Å². The van der Waals surface area contributed by atoms with Crippen molar-refractivity contribution in [2.24, 2.45) is 5.14 Å². The molecular weight excluding hydrogens is 392 g/mol. The molecule has 2 N–H and O–H groups in total. The summed E-state index contributed by atoms with van der Waals surface area (Å²) < 4.78 is 22.5. The molecule has 8 nitrogen and oxygen atoms in total. The third kappa shape index (κ3) is 4.64. The molecule has 0 spiro atoms. The number of carbonyl (C=O) groups excluding carboxylic acids is 1. The Morgan fingerprint density at radius 1 is 1.21 bits per heavy atom. The van der Waals surface area contributed by atoms with Crippen LogP contribution in [0.25, 0.3) is 0 Å². The first-order valence-electron chi connectivity index (χ1n) is 9.62. The van der Waals surface area contributed by atoms with Gasteiger partial charge in [-0.2, -0.15) is 0 Å². The zero-order valence-electron chi connectivity index (χ0n) is 16.1. The fourth-order valence-corrected chi connectivity index (χ4v) is 4.03. The van der Waals surface area contributed by atoms with E-state index in [4.69, 9.17) is 14.6 Å². The Morgan fingerprint density at radius 3 is 2.76 bits per heavy atom. The number of ether oxygens (including phenoxy) is 2. The van der Waals surface area contributed by atoms with E-state index >= 15 is 0 Å². The molecular formula is C20H24N4O4S. The topological polar surface area (TPSA) is 98.0 Å². The number of nitrogens with zero attached hydrogens (tertiary/aromatic N) is 3. The monoisotopic (exact) mass is 416 g/mol. The van der Waals surface area contributed by atoms with Crippen molar-refractivity contribution in [1.29, 1.82) is 0 Å². The van der Waals surface area contributed by atoms with Gasteiger partial charge in [-0.15, -0.1) is 0 Å². The lowest BCUT2D eigenvalue weighted by molar-refractivity contribution is 0.0320. The van der Waals surface area contributed by atoms with Gasteiger partial charge in [-0.3, -0.25) is 9.69 Å². The van der Waals surface area contributed by atoms with Crippen LogP contribution in [0, 0.1) is 0 Å². The molecule has 1 saturated heterocycles. The molecule has 1 amide bonds. The van der Waals surface area contributed by atoms with Crippen LogP contribution in [-0.4, -0.2) is 66.0 Å². The number of fused-ring (bicyclic) bond motifs is 1. The molecule has 1 atom stereocenters. The van der Waals surface area contributed by atoms with E-state index in [0.29, 0.717) is 35.9 Å². The number of hydrogen-bond acceptors (Lipinski definition) is 6. The van der Waals surface area contributed by atoms with Gasteiger partial charge in [0.1, 0.15) is 17.6 Å². The van der Waals surface area contributed by atoms with Crippen LogP contribution in [0.15, 0.2) is 41.4 Å². The number of carbonyl (C=O) groups is 1. The number of benzene rings is 1. The van der Waals surface area contributed by atoms with Crippen molar-refractivity contribution < 1.29 is 18.5 Å². The lowest BCUT2D eigenvalue weighted by Gasteiger charge is -2.26. The van der Waals surface area contributed by atoms with Gasteiger partial charge in [0.2, 0.25) is 5.88 Å². The van der Waals surface area contributed by atoms with E-state index in [1.54, 1.807) is 35.4 Å². The predicted octanol–water partition coefficient (Wildman–Crippen LogP) is 0.977. The number of nitrogens with two attached hydrogens (primary N) is 1. The quantitative estimate of drug-likeness (QED) is 0.754. The number of pyridine rings is 1. The van der Waals surface area contributed by atoms with Crippen molar-refractivity contribution in [3.05, 3.63) is 47.7 Å². The molecule has 154 valence electrons. The number of morpholine rings is 1. The molecule has 0 radical (unpaired) electrons. The summed E-state index contributed by atoms with van der Waals surface area (Å²) in [6.45, 7) is 5.32. The van der Waals surface area contributed by atoms with E-state index in [1.807, 2.05) is 6.07 Å². The molecule has 29 heavy (non-hydrogen) atoms. The second-order valence-electron chi connectivity index (χ2n) is 6.98. The maximum atomic E-state index is 12.9. The second kappa shape index (κ2) is 9.00. The average Bonchev–Trinajstić information content (AvgIpc) is 3.18. The van der Waals surface area contributed by atoms with E-state index in [1.165, 1.54) is 0 Å². The van der Waals surface area contributed by atoms with Crippen molar-refractivity contribution in [3.8, 4) is 5.88 Å². The van der Waals surface area contributed by atoms with Gasteiger partial charge in [-0.25, -0.2) is 14.3 Å². The van der Waals surface area contributed by atoms with Crippen molar-refractivity contribution in [3.63, 3.8) is 0 Å². The fourth-order valence-electron chi connectivity index (χ4n) is 3.57. The molecule has 3 heterocycles. The zero-order chi connectivity index (χ0) is 20.2. The van der Waals surface area contributed by atoms with E-state index in [0.717, 1.165) is 44.1 Å². The molecule has 0 saturated carbocycles. The van der Waals surface area contributed by atoms with Crippen LogP contribution in [0.1, 0.15) is 15.9 Å². The van der Waals surface area contributed by atoms with Gasteiger partial charge in [0.15, 0.2) is 0 Å². The van der Waals surface area contributed by atoms with Crippen molar-refractivity contribution >= 4 is 22.6 Å². The number of hydrogen-bond donors (Lipinski definition) is 1. The summed E-state index contributed by atoms with van der Waals surface area (Å²) in [5.41, 5.74) is 2.31. The minimum absolute atomic E-state index is 0.113. The summed E-state index contributed by atoms with van der Waals surface area (Å²) in [6.07, 6.45) is 2.26. The first-order chi connectivity index (χ1) is 14.1. The molecule has 1 fully saturated rings. The average molecular weight is 417 g/mol. The molecule has 9 heteroatoms.